The Morgan fingerprint density at radius 1 is 1.07 bits per heavy atom. The summed E-state index contributed by atoms with van der Waals surface area (Å²) in [5, 5.41) is 8.33. The van der Waals surface area contributed by atoms with E-state index in [1.807, 2.05) is 27.7 Å². The third-order valence-corrected chi connectivity index (χ3v) is 1.62. The van der Waals surface area contributed by atoms with Gasteiger partial charge in [-0.05, 0) is 47.5 Å². The first-order chi connectivity index (χ1) is 6.35. The fourth-order valence-electron chi connectivity index (χ4n) is 0.797. The van der Waals surface area contributed by atoms with Crippen LogP contribution in [-0.4, -0.2) is 23.1 Å². The molecule has 0 radical (unpaired) electrons. The lowest BCUT2D eigenvalue weighted by Crippen LogP contribution is -2.23. The summed E-state index contributed by atoms with van der Waals surface area (Å²) in [7, 11) is 0. The maximum absolute atomic E-state index is 8.33. The van der Waals surface area contributed by atoms with E-state index in [1.165, 1.54) is 0 Å². The van der Waals surface area contributed by atoms with Crippen molar-refractivity contribution in [2.75, 3.05) is 0 Å². The molecule has 0 spiro atoms. The van der Waals surface area contributed by atoms with Gasteiger partial charge in [0, 0.05) is 0 Å². The molecule has 2 unspecified atom stereocenters. The van der Waals surface area contributed by atoms with Crippen molar-refractivity contribution in [1.82, 2.24) is 0 Å². The van der Waals surface area contributed by atoms with E-state index in [4.69, 9.17) is 15.0 Å². The van der Waals surface area contributed by atoms with Gasteiger partial charge in [0.1, 0.15) is 0 Å². The molecule has 0 aromatic rings. The summed E-state index contributed by atoms with van der Waals surface area (Å²) in [5.74, 6) is 0. The van der Waals surface area contributed by atoms with Crippen molar-refractivity contribution in [1.29, 1.82) is 0 Å². The zero-order valence-corrected chi connectivity index (χ0v) is 9.74. The van der Waals surface area contributed by atoms with E-state index >= 15 is 0 Å². The SMILES string of the molecule is CC(CCC(C)OOC(C)(C)C)OO. The molecule has 0 aliphatic carbocycles. The molecule has 0 aliphatic rings. The average Bonchev–Trinajstić information content (AvgIpc) is 2.09. The predicted molar refractivity (Wildman–Crippen MR) is 53.8 cm³/mol. The van der Waals surface area contributed by atoms with Gasteiger partial charge in [-0.3, -0.25) is 5.26 Å². The molecule has 4 heteroatoms. The monoisotopic (exact) mass is 206 g/mol. The predicted octanol–water partition coefficient (Wildman–Crippen LogP) is 2.78. The van der Waals surface area contributed by atoms with E-state index in [-0.39, 0.29) is 17.8 Å². The van der Waals surface area contributed by atoms with Crippen LogP contribution in [0.5, 0.6) is 0 Å². The van der Waals surface area contributed by atoms with Gasteiger partial charge in [0.2, 0.25) is 0 Å². The van der Waals surface area contributed by atoms with Gasteiger partial charge in [-0.2, -0.15) is 0 Å². The molecule has 0 aromatic carbocycles. The Labute approximate surface area is 86.0 Å². The highest BCUT2D eigenvalue weighted by Crippen LogP contribution is 2.12. The van der Waals surface area contributed by atoms with Crippen LogP contribution in [0.25, 0.3) is 0 Å². The van der Waals surface area contributed by atoms with Crippen LogP contribution in [0, 0.1) is 0 Å². The topological polar surface area (TPSA) is 47.9 Å². The largest absolute Gasteiger partial charge is 0.252 e. The molecule has 1 N–H and O–H groups in total. The molecule has 86 valence electrons. The Balaban J connectivity index is 3.51. The van der Waals surface area contributed by atoms with Crippen molar-refractivity contribution in [2.24, 2.45) is 0 Å². The maximum atomic E-state index is 8.33. The van der Waals surface area contributed by atoms with Gasteiger partial charge in [0.15, 0.2) is 0 Å². The first-order valence-corrected chi connectivity index (χ1v) is 5.00. The molecule has 0 fully saturated rings. The second-order valence-electron chi connectivity index (χ2n) is 4.60. The van der Waals surface area contributed by atoms with Crippen molar-refractivity contribution < 1.29 is 19.9 Å². The molecule has 0 rings (SSSR count). The summed E-state index contributed by atoms with van der Waals surface area (Å²) in [6.45, 7) is 9.52. The number of rotatable bonds is 6. The van der Waals surface area contributed by atoms with Crippen LogP contribution in [0.4, 0.5) is 0 Å². The average molecular weight is 206 g/mol. The van der Waals surface area contributed by atoms with E-state index in [9.17, 15) is 0 Å². The zero-order valence-electron chi connectivity index (χ0n) is 9.74. The van der Waals surface area contributed by atoms with Gasteiger partial charge in [-0.15, -0.1) is 0 Å². The molecule has 0 saturated carbocycles. The lowest BCUT2D eigenvalue weighted by Gasteiger charge is -2.21. The minimum Gasteiger partial charge on any atom is -0.252 e. The molecule has 0 heterocycles. The van der Waals surface area contributed by atoms with Crippen molar-refractivity contribution in [3.63, 3.8) is 0 Å². The normalized spacial score (nSPS) is 16.7. The standard InChI is InChI=1S/C10H22O4/c1-8(12-11)6-7-9(2)13-14-10(3,4)5/h8-9,11H,6-7H2,1-5H3. The fourth-order valence-corrected chi connectivity index (χ4v) is 0.797. The van der Waals surface area contributed by atoms with Gasteiger partial charge < -0.3 is 0 Å². The third-order valence-electron chi connectivity index (χ3n) is 1.62. The summed E-state index contributed by atoms with van der Waals surface area (Å²) in [6.07, 6.45) is 1.38. The molecule has 0 aromatic heterocycles. The quantitative estimate of drug-likeness (QED) is 0.536. The molecule has 4 nitrogen and oxygen atoms in total. The molecule has 0 saturated heterocycles. The highest BCUT2D eigenvalue weighted by atomic mass is 17.2. The lowest BCUT2D eigenvalue weighted by molar-refractivity contribution is -0.371. The van der Waals surface area contributed by atoms with Crippen LogP contribution >= 0.6 is 0 Å². The third kappa shape index (κ3) is 8.44. The molecule has 0 amide bonds. The van der Waals surface area contributed by atoms with E-state index in [0.717, 1.165) is 12.8 Å². The smallest absolute Gasteiger partial charge is 0.0952 e. The van der Waals surface area contributed by atoms with Crippen LogP contribution in [0.2, 0.25) is 0 Å². The highest BCUT2D eigenvalue weighted by Gasteiger charge is 2.14. The van der Waals surface area contributed by atoms with Crippen molar-refractivity contribution in [3.05, 3.63) is 0 Å². The molecular weight excluding hydrogens is 184 g/mol. The molecule has 0 bridgehead atoms. The van der Waals surface area contributed by atoms with Gasteiger partial charge in [-0.25, -0.2) is 14.7 Å². The van der Waals surface area contributed by atoms with Crippen LogP contribution in [0.15, 0.2) is 0 Å². The fraction of sp³-hybridized carbons (Fsp3) is 1.00. The number of hydrogen-bond acceptors (Lipinski definition) is 4. The minimum atomic E-state index is -0.284. The van der Waals surface area contributed by atoms with Crippen LogP contribution in [0.3, 0.4) is 0 Å². The second kappa shape index (κ2) is 6.35. The zero-order chi connectivity index (χ0) is 11.2. The van der Waals surface area contributed by atoms with Crippen LogP contribution in [0.1, 0.15) is 47.5 Å². The Morgan fingerprint density at radius 2 is 1.57 bits per heavy atom. The highest BCUT2D eigenvalue weighted by molar-refractivity contribution is 4.57. The molecule has 2 atom stereocenters. The first kappa shape index (κ1) is 13.8. The Bertz CT molecular complexity index is 142. The van der Waals surface area contributed by atoms with Gasteiger partial charge in [0.05, 0.1) is 17.8 Å². The van der Waals surface area contributed by atoms with Crippen molar-refractivity contribution >= 4 is 0 Å². The molecule has 0 aliphatic heterocycles. The van der Waals surface area contributed by atoms with Crippen molar-refractivity contribution in [2.45, 2.75) is 65.3 Å². The van der Waals surface area contributed by atoms with Gasteiger partial charge in [-0.1, -0.05) is 0 Å². The Kier molecular flexibility index (Phi) is 6.27. The molecular formula is C10H22O4. The van der Waals surface area contributed by atoms with Gasteiger partial charge >= 0.3 is 0 Å². The maximum Gasteiger partial charge on any atom is 0.0952 e. The summed E-state index contributed by atoms with van der Waals surface area (Å²) in [6, 6.07) is 0. The van der Waals surface area contributed by atoms with Gasteiger partial charge in [0.25, 0.3) is 0 Å². The second-order valence-corrected chi connectivity index (χ2v) is 4.60. The summed E-state index contributed by atoms with van der Waals surface area (Å²) in [4.78, 5) is 14.5. The minimum absolute atomic E-state index is 0.00632. The van der Waals surface area contributed by atoms with Crippen molar-refractivity contribution in [3.8, 4) is 0 Å². The summed E-state index contributed by atoms with van der Waals surface area (Å²) >= 11 is 0. The Hall–Kier alpha value is -0.160. The lowest BCUT2D eigenvalue weighted by atomic mass is 10.1. The number of hydrogen-bond donors (Lipinski definition) is 1. The van der Waals surface area contributed by atoms with E-state index < -0.39 is 0 Å². The van der Waals surface area contributed by atoms with Crippen LogP contribution < -0.4 is 0 Å². The van der Waals surface area contributed by atoms with E-state index in [2.05, 4.69) is 4.89 Å². The van der Waals surface area contributed by atoms with E-state index in [0.29, 0.717) is 0 Å². The molecule has 14 heavy (non-hydrogen) atoms. The summed E-state index contributed by atoms with van der Waals surface area (Å²) in [5.41, 5.74) is -0.284. The van der Waals surface area contributed by atoms with Crippen LogP contribution in [-0.2, 0) is 14.7 Å². The summed E-state index contributed by atoms with van der Waals surface area (Å²) < 4.78 is 0. The van der Waals surface area contributed by atoms with E-state index in [1.54, 1.807) is 6.92 Å². The Morgan fingerprint density at radius 3 is 2.00 bits per heavy atom. The first-order valence-electron chi connectivity index (χ1n) is 5.00.